The van der Waals surface area contributed by atoms with E-state index in [0.717, 1.165) is 11.1 Å². The number of carbonyl (C=O) groups is 5. The standard InChI is InChI=1S/C27H36N6O5/c1-2-9-20(31-25(36)19(28)14-17-10-5-3-6-11-17)26(37)33-22(15-18-12-7-4-8-13-18)27(38)32-21(24(30)35)16-23(29)34/h3-8,10-13,19-22H,2,9,14-16,28H2,1H3,(H2,29,34)(H2,30,35)(H,31,36)(H,32,38)(H,33,37)/t19-,20-,21-,22-/m0/s1. The van der Waals surface area contributed by atoms with Crippen molar-refractivity contribution in [2.75, 3.05) is 0 Å². The molecule has 0 saturated carbocycles. The maximum atomic E-state index is 13.2. The van der Waals surface area contributed by atoms with Crippen LogP contribution in [0, 0.1) is 0 Å². The van der Waals surface area contributed by atoms with Gasteiger partial charge in [-0.3, -0.25) is 24.0 Å². The summed E-state index contributed by atoms with van der Waals surface area (Å²) in [5.74, 6) is -3.58. The molecule has 9 N–H and O–H groups in total. The highest BCUT2D eigenvalue weighted by Crippen LogP contribution is 2.07. The molecule has 11 heteroatoms. The van der Waals surface area contributed by atoms with Gasteiger partial charge in [-0.25, -0.2) is 0 Å². The van der Waals surface area contributed by atoms with Crippen LogP contribution < -0.4 is 33.2 Å². The third-order valence-corrected chi connectivity index (χ3v) is 5.83. The van der Waals surface area contributed by atoms with Crippen molar-refractivity contribution in [3.05, 3.63) is 71.8 Å². The number of carbonyl (C=O) groups excluding carboxylic acids is 5. The van der Waals surface area contributed by atoms with Crippen molar-refractivity contribution in [3.63, 3.8) is 0 Å². The van der Waals surface area contributed by atoms with Gasteiger partial charge in [-0.05, 0) is 24.0 Å². The molecule has 0 radical (unpaired) electrons. The number of nitrogens with one attached hydrogen (secondary N) is 3. The first-order valence-corrected chi connectivity index (χ1v) is 12.4. The largest absolute Gasteiger partial charge is 0.370 e. The minimum Gasteiger partial charge on any atom is -0.370 e. The molecule has 5 amide bonds. The summed E-state index contributed by atoms with van der Waals surface area (Å²) in [7, 11) is 0. The van der Waals surface area contributed by atoms with Crippen LogP contribution in [0.4, 0.5) is 0 Å². The van der Waals surface area contributed by atoms with Crippen LogP contribution in [0.2, 0.25) is 0 Å². The summed E-state index contributed by atoms with van der Waals surface area (Å²) in [6, 6.07) is 13.9. The molecule has 2 aromatic rings. The summed E-state index contributed by atoms with van der Waals surface area (Å²) >= 11 is 0. The molecule has 0 bridgehead atoms. The van der Waals surface area contributed by atoms with Gasteiger partial charge in [0.1, 0.15) is 18.1 Å². The molecule has 0 spiro atoms. The van der Waals surface area contributed by atoms with Crippen LogP contribution in [-0.2, 0) is 36.8 Å². The Hall–Kier alpha value is -4.25. The van der Waals surface area contributed by atoms with Gasteiger partial charge in [0.25, 0.3) is 0 Å². The maximum absolute atomic E-state index is 13.2. The SMILES string of the molecule is CCC[C@H](NC(=O)[C@@H](N)Cc1ccccc1)C(=O)N[C@@H](Cc1ccccc1)C(=O)N[C@@H](CC(N)=O)C(N)=O. The number of rotatable bonds is 15. The van der Waals surface area contributed by atoms with Crippen molar-refractivity contribution in [1.29, 1.82) is 0 Å². The van der Waals surface area contributed by atoms with Crippen LogP contribution in [0.5, 0.6) is 0 Å². The Kier molecular flexibility index (Phi) is 11.9. The molecule has 0 heterocycles. The Morgan fingerprint density at radius 2 is 1.16 bits per heavy atom. The van der Waals surface area contributed by atoms with Crippen molar-refractivity contribution in [1.82, 2.24) is 16.0 Å². The Labute approximate surface area is 221 Å². The van der Waals surface area contributed by atoms with Gasteiger partial charge in [-0.15, -0.1) is 0 Å². The summed E-state index contributed by atoms with van der Waals surface area (Å²) in [5.41, 5.74) is 18.2. The van der Waals surface area contributed by atoms with Gasteiger partial charge in [0, 0.05) is 6.42 Å². The molecular formula is C27H36N6O5. The van der Waals surface area contributed by atoms with E-state index in [1.807, 2.05) is 37.3 Å². The average molecular weight is 525 g/mol. The molecule has 0 aliphatic rings. The summed E-state index contributed by atoms with van der Waals surface area (Å²) in [6.07, 6.45) is 0.771. The molecule has 0 aliphatic carbocycles. The summed E-state index contributed by atoms with van der Waals surface area (Å²) < 4.78 is 0. The second kappa shape index (κ2) is 15.1. The molecule has 11 nitrogen and oxygen atoms in total. The van der Waals surface area contributed by atoms with Gasteiger partial charge in [0.05, 0.1) is 12.5 Å². The Balaban J connectivity index is 2.16. The van der Waals surface area contributed by atoms with Crippen LogP contribution in [0.15, 0.2) is 60.7 Å². The van der Waals surface area contributed by atoms with Crippen LogP contribution in [0.1, 0.15) is 37.3 Å². The zero-order valence-corrected chi connectivity index (χ0v) is 21.4. The molecule has 0 unspecified atom stereocenters. The molecule has 0 saturated heterocycles. The molecule has 38 heavy (non-hydrogen) atoms. The fourth-order valence-electron chi connectivity index (χ4n) is 3.82. The van der Waals surface area contributed by atoms with Gasteiger partial charge in [0.15, 0.2) is 0 Å². The lowest BCUT2D eigenvalue weighted by Crippen LogP contribution is -2.58. The topological polar surface area (TPSA) is 200 Å². The van der Waals surface area contributed by atoms with E-state index in [1.54, 1.807) is 30.3 Å². The lowest BCUT2D eigenvalue weighted by atomic mass is 10.0. The van der Waals surface area contributed by atoms with Gasteiger partial charge >= 0.3 is 0 Å². The minimum absolute atomic E-state index is 0.0841. The number of benzene rings is 2. The first kappa shape index (κ1) is 30.0. The molecule has 204 valence electrons. The second-order valence-electron chi connectivity index (χ2n) is 9.03. The maximum Gasteiger partial charge on any atom is 0.243 e. The summed E-state index contributed by atoms with van der Waals surface area (Å²) in [6.45, 7) is 1.85. The Morgan fingerprint density at radius 3 is 1.66 bits per heavy atom. The Morgan fingerprint density at radius 1 is 0.684 bits per heavy atom. The predicted molar refractivity (Wildman–Crippen MR) is 142 cm³/mol. The zero-order chi connectivity index (χ0) is 28.1. The van der Waals surface area contributed by atoms with Gasteiger partial charge in [0.2, 0.25) is 29.5 Å². The average Bonchev–Trinajstić information content (AvgIpc) is 2.88. The van der Waals surface area contributed by atoms with E-state index in [4.69, 9.17) is 17.2 Å². The van der Waals surface area contributed by atoms with Gasteiger partial charge in [-0.1, -0.05) is 74.0 Å². The molecule has 0 aromatic heterocycles. The minimum atomic E-state index is -1.34. The van der Waals surface area contributed by atoms with Crippen LogP contribution >= 0.6 is 0 Å². The van der Waals surface area contributed by atoms with E-state index >= 15 is 0 Å². The highest BCUT2D eigenvalue weighted by atomic mass is 16.2. The quantitative estimate of drug-likeness (QED) is 0.180. The van der Waals surface area contributed by atoms with Crippen molar-refractivity contribution < 1.29 is 24.0 Å². The van der Waals surface area contributed by atoms with Crippen LogP contribution in [-0.4, -0.2) is 53.7 Å². The van der Waals surface area contributed by atoms with Crippen molar-refractivity contribution in [3.8, 4) is 0 Å². The third-order valence-electron chi connectivity index (χ3n) is 5.83. The van der Waals surface area contributed by atoms with Crippen LogP contribution in [0.25, 0.3) is 0 Å². The molecule has 2 rings (SSSR count). The van der Waals surface area contributed by atoms with E-state index in [-0.39, 0.29) is 6.42 Å². The smallest absolute Gasteiger partial charge is 0.243 e. The molecule has 4 atom stereocenters. The molecule has 0 aliphatic heterocycles. The summed E-state index contributed by atoms with van der Waals surface area (Å²) in [4.78, 5) is 62.2. The number of hydrogen-bond donors (Lipinski definition) is 6. The van der Waals surface area contributed by atoms with Gasteiger partial charge < -0.3 is 33.2 Å². The van der Waals surface area contributed by atoms with E-state index < -0.39 is 60.1 Å². The predicted octanol–water partition coefficient (Wildman–Crippen LogP) is -0.586. The first-order valence-electron chi connectivity index (χ1n) is 12.4. The lowest BCUT2D eigenvalue weighted by Gasteiger charge is -2.25. The monoisotopic (exact) mass is 524 g/mol. The van der Waals surface area contributed by atoms with Crippen molar-refractivity contribution in [2.45, 2.75) is 63.2 Å². The third kappa shape index (κ3) is 10.0. The molecule has 0 fully saturated rings. The number of primary amides is 2. The Bertz CT molecular complexity index is 1100. The highest BCUT2D eigenvalue weighted by Gasteiger charge is 2.30. The number of amides is 5. The highest BCUT2D eigenvalue weighted by molar-refractivity contribution is 5.95. The first-order chi connectivity index (χ1) is 18.1. The molecule has 2 aromatic carbocycles. The van der Waals surface area contributed by atoms with E-state index in [1.165, 1.54) is 0 Å². The van der Waals surface area contributed by atoms with E-state index in [0.29, 0.717) is 19.3 Å². The lowest BCUT2D eigenvalue weighted by molar-refractivity contribution is -0.134. The normalized spacial score (nSPS) is 13.8. The number of nitrogens with two attached hydrogens (primary N) is 3. The molecular weight excluding hydrogens is 488 g/mol. The van der Waals surface area contributed by atoms with E-state index in [9.17, 15) is 24.0 Å². The van der Waals surface area contributed by atoms with Crippen LogP contribution in [0.3, 0.4) is 0 Å². The number of hydrogen-bond acceptors (Lipinski definition) is 6. The fraction of sp³-hybridized carbons (Fsp3) is 0.370. The summed E-state index contributed by atoms with van der Waals surface area (Å²) in [5, 5.41) is 7.75. The second-order valence-corrected chi connectivity index (χ2v) is 9.03. The van der Waals surface area contributed by atoms with E-state index in [2.05, 4.69) is 16.0 Å². The van der Waals surface area contributed by atoms with Gasteiger partial charge in [-0.2, -0.15) is 0 Å². The van der Waals surface area contributed by atoms with Crippen molar-refractivity contribution >= 4 is 29.5 Å². The van der Waals surface area contributed by atoms with Crippen molar-refractivity contribution in [2.24, 2.45) is 17.2 Å². The fourth-order valence-corrected chi connectivity index (χ4v) is 3.82. The zero-order valence-electron chi connectivity index (χ0n) is 21.4.